The Morgan fingerprint density at radius 1 is 1.22 bits per heavy atom. The van der Waals surface area contributed by atoms with E-state index in [9.17, 15) is 4.79 Å². The summed E-state index contributed by atoms with van der Waals surface area (Å²) in [5.41, 5.74) is 2.86. The molecule has 3 nitrogen and oxygen atoms in total. The van der Waals surface area contributed by atoms with Crippen molar-refractivity contribution in [1.82, 2.24) is 5.32 Å². The summed E-state index contributed by atoms with van der Waals surface area (Å²) in [6.45, 7) is 5.01. The number of nitrogens with one attached hydrogen (secondary N) is 1. The molecule has 0 unspecified atom stereocenters. The molecule has 0 spiro atoms. The maximum absolute atomic E-state index is 11.8. The minimum absolute atomic E-state index is 0. The van der Waals surface area contributed by atoms with Crippen LogP contribution in [0.2, 0.25) is 0 Å². The molecular weight excluding hydrogens is 378 g/mol. The fraction of sp³-hybridized carbons (Fsp3) is 0.278. The maximum atomic E-state index is 11.8. The monoisotopic (exact) mass is 397 g/mol. The lowest BCUT2D eigenvalue weighted by molar-refractivity contribution is 0.0526. The van der Waals surface area contributed by atoms with Crippen molar-refractivity contribution in [3.63, 3.8) is 0 Å². The molecule has 0 aliphatic rings. The Balaban J connectivity index is 0.00000264. The fourth-order valence-electron chi connectivity index (χ4n) is 2.23. The first kappa shape index (κ1) is 19.7. The van der Waals surface area contributed by atoms with Crippen LogP contribution in [0.25, 0.3) is 0 Å². The third-order valence-corrected chi connectivity index (χ3v) is 4.14. The Morgan fingerprint density at radius 2 is 1.96 bits per heavy atom. The van der Waals surface area contributed by atoms with Crippen molar-refractivity contribution < 1.29 is 9.53 Å². The molecule has 1 atom stereocenters. The van der Waals surface area contributed by atoms with Crippen LogP contribution in [0, 0.1) is 0 Å². The van der Waals surface area contributed by atoms with Crippen LogP contribution in [0.3, 0.4) is 0 Å². The van der Waals surface area contributed by atoms with E-state index in [-0.39, 0.29) is 24.4 Å². The first-order chi connectivity index (χ1) is 10.6. The van der Waals surface area contributed by atoms with Gasteiger partial charge in [-0.2, -0.15) is 0 Å². The van der Waals surface area contributed by atoms with E-state index in [4.69, 9.17) is 4.74 Å². The van der Waals surface area contributed by atoms with Gasteiger partial charge in [0, 0.05) is 17.1 Å². The second-order valence-electron chi connectivity index (χ2n) is 5.04. The smallest absolute Gasteiger partial charge is 0.338 e. The van der Waals surface area contributed by atoms with Crippen molar-refractivity contribution in [2.75, 3.05) is 6.61 Å². The first-order valence-electron chi connectivity index (χ1n) is 7.35. The average molecular weight is 399 g/mol. The van der Waals surface area contributed by atoms with Crippen LogP contribution in [0.5, 0.6) is 0 Å². The van der Waals surface area contributed by atoms with E-state index < -0.39 is 0 Å². The Kier molecular flexibility index (Phi) is 8.31. The minimum Gasteiger partial charge on any atom is -0.462 e. The second-order valence-corrected chi connectivity index (χ2v) is 5.90. The third-order valence-electron chi connectivity index (χ3n) is 3.42. The summed E-state index contributed by atoms with van der Waals surface area (Å²) in [6, 6.07) is 15.9. The van der Waals surface area contributed by atoms with Crippen LogP contribution in [0.4, 0.5) is 0 Å². The number of esters is 1. The molecule has 1 N–H and O–H groups in total. The highest BCUT2D eigenvalue weighted by atomic mass is 79.9. The van der Waals surface area contributed by atoms with Gasteiger partial charge >= 0.3 is 5.97 Å². The van der Waals surface area contributed by atoms with Crippen LogP contribution in [-0.2, 0) is 11.3 Å². The van der Waals surface area contributed by atoms with Gasteiger partial charge in [-0.25, -0.2) is 4.79 Å². The molecule has 0 heterocycles. The zero-order chi connectivity index (χ0) is 15.9. The van der Waals surface area contributed by atoms with E-state index in [1.165, 1.54) is 5.56 Å². The summed E-state index contributed by atoms with van der Waals surface area (Å²) in [4.78, 5) is 11.8. The molecule has 2 rings (SSSR count). The molecule has 0 aliphatic heterocycles. The van der Waals surface area contributed by atoms with E-state index >= 15 is 0 Å². The largest absolute Gasteiger partial charge is 0.462 e. The normalized spacial score (nSPS) is 11.4. The topological polar surface area (TPSA) is 38.3 Å². The fourth-order valence-corrected chi connectivity index (χ4v) is 2.86. The van der Waals surface area contributed by atoms with Gasteiger partial charge in [0.25, 0.3) is 0 Å². The van der Waals surface area contributed by atoms with Gasteiger partial charge in [-0.1, -0.05) is 46.3 Å². The van der Waals surface area contributed by atoms with Crippen molar-refractivity contribution in [3.8, 4) is 0 Å². The number of carbonyl (C=O) groups excluding carboxylic acids is 1. The highest BCUT2D eigenvalue weighted by Gasteiger charge is 2.10. The molecule has 0 bridgehead atoms. The molecule has 0 amide bonds. The zero-order valence-corrected chi connectivity index (χ0v) is 15.6. The van der Waals surface area contributed by atoms with Crippen LogP contribution in [0.1, 0.15) is 41.4 Å². The number of hydrogen-bond acceptors (Lipinski definition) is 3. The van der Waals surface area contributed by atoms with Crippen molar-refractivity contribution >= 4 is 34.3 Å². The molecular formula is C18H21BrClNO2. The van der Waals surface area contributed by atoms with Crippen LogP contribution in [0.15, 0.2) is 53.0 Å². The van der Waals surface area contributed by atoms with Crippen LogP contribution >= 0.6 is 28.3 Å². The van der Waals surface area contributed by atoms with Gasteiger partial charge in [0.1, 0.15) is 0 Å². The van der Waals surface area contributed by atoms with Gasteiger partial charge in [0.15, 0.2) is 0 Å². The molecule has 23 heavy (non-hydrogen) atoms. The van der Waals surface area contributed by atoms with E-state index in [0.29, 0.717) is 18.7 Å². The van der Waals surface area contributed by atoms with E-state index in [0.717, 1.165) is 10.0 Å². The average Bonchev–Trinajstić information content (AvgIpc) is 2.53. The molecule has 124 valence electrons. The first-order valence-corrected chi connectivity index (χ1v) is 8.15. The van der Waals surface area contributed by atoms with Gasteiger partial charge < -0.3 is 10.1 Å². The SMILES string of the molecule is CCOC(=O)c1cccc(CN[C@@H](C)c2ccccc2Br)c1.Cl. The molecule has 0 saturated heterocycles. The van der Waals surface area contributed by atoms with Crippen molar-refractivity contribution in [2.45, 2.75) is 26.4 Å². The quantitative estimate of drug-likeness (QED) is 0.703. The Morgan fingerprint density at radius 3 is 2.65 bits per heavy atom. The van der Waals surface area contributed by atoms with E-state index in [1.807, 2.05) is 43.3 Å². The van der Waals surface area contributed by atoms with Gasteiger partial charge in [-0.15, -0.1) is 12.4 Å². The highest BCUT2D eigenvalue weighted by molar-refractivity contribution is 9.10. The highest BCUT2D eigenvalue weighted by Crippen LogP contribution is 2.23. The van der Waals surface area contributed by atoms with Gasteiger partial charge in [-0.05, 0) is 43.2 Å². The lowest BCUT2D eigenvalue weighted by Gasteiger charge is -2.16. The molecule has 0 saturated carbocycles. The van der Waals surface area contributed by atoms with E-state index in [2.05, 4.69) is 34.2 Å². The number of hydrogen-bond donors (Lipinski definition) is 1. The summed E-state index contributed by atoms with van der Waals surface area (Å²) in [6.07, 6.45) is 0. The van der Waals surface area contributed by atoms with Crippen molar-refractivity contribution in [3.05, 3.63) is 69.7 Å². The van der Waals surface area contributed by atoms with E-state index in [1.54, 1.807) is 6.07 Å². The lowest BCUT2D eigenvalue weighted by atomic mass is 10.1. The van der Waals surface area contributed by atoms with Crippen LogP contribution in [-0.4, -0.2) is 12.6 Å². The predicted octanol–water partition coefficient (Wildman–Crippen LogP) is 4.90. The molecule has 0 aliphatic carbocycles. The van der Waals surface area contributed by atoms with Gasteiger partial charge in [-0.3, -0.25) is 0 Å². The molecule has 0 fully saturated rings. The number of benzene rings is 2. The number of carbonyl (C=O) groups is 1. The van der Waals surface area contributed by atoms with Crippen LogP contribution < -0.4 is 5.32 Å². The summed E-state index contributed by atoms with van der Waals surface area (Å²) >= 11 is 3.57. The number of rotatable bonds is 6. The number of halogens is 2. The van der Waals surface area contributed by atoms with Crippen molar-refractivity contribution in [2.24, 2.45) is 0 Å². The molecule has 2 aromatic carbocycles. The summed E-state index contributed by atoms with van der Waals surface area (Å²) in [5.74, 6) is -0.275. The summed E-state index contributed by atoms with van der Waals surface area (Å²) in [5, 5.41) is 3.47. The lowest BCUT2D eigenvalue weighted by Crippen LogP contribution is -2.18. The number of ether oxygens (including phenoxy) is 1. The Labute approximate surface area is 152 Å². The molecule has 0 aromatic heterocycles. The second kappa shape index (κ2) is 9.71. The zero-order valence-electron chi connectivity index (χ0n) is 13.2. The molecule has 2 aromatic rings. The predicted molar refractivity (Wildman–Crippen MR) is 99.0 cm³/mol. The minimum atomic E-state index is -0.275. The van der Waals surface area contributed by atoms with Gasteiger partial charge in [0.2, 0.25) is 0 Å². The maximum Gasteiger partial charge on any atom is 0.338 e. The van der Waals surface area contributed by atoms with Crippen molar-refractivity contribution in [1.29, 1.82) is 0 Å². The Bertz CT molecular complexity index is 648. The summed E-state index contributed by atoms with van der Waals surface area (Å²) in [7, 11) is 0. The molecule has 5 heteroatoms. The standard InChI is InChI=1S/C18H20BrNO2.ClH/c1-3-22-18(21)15-8-6-7-14(11-15)12-20-13(2)16-9-4-5-10-17(16)19;/h4-11,13,20H,3,12H2,1-2H3;1H/t13-;/m0./s1. The van der Waals surface area contributed by atoms with Gasteiger partial charge in [0.05, 0.1) is 12.2 Å². The third kappa shape index (κ3) is 5.65. The molecule has 0 radical (unpaired) electrons. The Hall–Kier alpha value is -1.36. The summed E-state index contributed by atoms with van der Waals surface area (Å²) < 4.78 is 6.12.